The summed E-state index contributed by atoms with van der Waals surface area (Å²) < 4.78 is 0. The molecule has 0 saturated heterocycles. The maximum absolute atomic E-state index is 2.25. The third kappa shape index (κ3) is 1.12. The lowest BCUT2D eigenvalue weighted by atomic mass is 9.42. The summed E-state index contributed by atoms with van der Waals surface area (Å²) in [5.74, 6) is 4.49. The highest BCUT2D eigenvalue weighted by atomic mass is 15.1. The van der Waals surface area contributed by atoms with Gasteiger partial charge < -0.3 is 9.80 Å². The van der Waals surface area contributed by atoms with E-state index in [2.05, 4.69) is 66.4 Å². The molecule has 2 heterocycles. The van der Waals surface area contributed by atoms with Crippen molar-refractivity contribution >= 4 is 23.6 Å². The van der Waals surface area contributed by atoms with Crippen molar-refractivity contribution in [2.45, 2.75) is 0 Å². The molecule has 3 heteroatoms. The minimum Gasteiger partial charge on any atom is -0.353 e. The molecule has 0 radical (unpaired) electrons. The van der Waals surface area contributed by atoms with Gasteiger partial charge in [-0.25, -0.2) is 0 Å². The van der Waals surface area contributed by atoms with Crippen LogP contribution in [0.4, 0.5) is 11.4 Å². The fourth-order valence-electron chi connectivity index (χ4n) is 2.36. The summed E-state index contributed by atoms with van der Waals surface area (Å²) in [6.45, 7) is 0.448. The minimum atomic E-state index is 0.448. The highest BCUT2D eigenvalue weighted by Crippen LogP contribution is 2.26. The van der Waals surface area contributed by atoms with Crippen molar-refractivity contribution in [3.05, 3.63) is 42.5 Å². The molecule has 2 aliphatic rings. The third-order valence-corrected chi connectivity index (χ3v) is 3.19. The van der Waals surface area contributed by atoms with Gasteiger partial charge in [-0.2, -0.15) is 0 Å². The second kappa shape index (κ2) is 2.93. The average molecular weight is 196 g/mol. The maximum atomic E-state index is 2.25. The van der Waals surface area contributed by atoms with Crippen LogP contribution >= 0.6 is 0 Å². The molecule has 0 bridgehead atoms. The van der Waals surface area contributed by atoms with Crippen LogP contribution in [-0.4, -0.2) is 20.8 Å². The lowest BCUT2D eigenvalue weighted by Crippen LogP contribution is -2.41. The molecular formula is C12H13BN2. The van der Waals surface area contributed by atoms with Crippen LogP contribution in [0.2, 0.25) is 0 Å². The Morgan fingerprint density at radius 1 is 0.933 bits per heavy atom. The van der Waals surface area contributed by atoms with Crippen LogP contribution in [0.15, 0.2) is 42.5 Å². The van der Waals surface area contributed by atoms with Gasteiger partial charge >= 0.3 is 0 Å². The van der Waals surface area contributed by atoms with Crippen molar-refractivity contribution in [1.82, 2.24) is 0 Å². The summed E-state index contributed by atoms with van der Waals surface area (Å²) >= 11 is 0. The zero-order valence-corrected chi connectivity index (χ0v) is 9.01. The molecule has 1 aromatic rings. The van der Waals surface area contributed by atoms with Gasteiger partial charge in [0.15, 0.2) is 0 Å². The number of hydrogen-bond donors (Lipinski definition) is 0. The SMILES string of the molecule is CN1C=CB2C=CN(C)c3cccc1c32. The van der Waals surface area contributed by atoms with E-state index in [0.717, 1.165) is 0 Å². The number of nitrogens with zero attached hydrogens (tertiary/aromatic N) is 2. The zero-order valence-electron chi connectivity index (χ0n) is 9.01. The summed E-state index contributed by atoms with van der Waals surface area (Å²) in [7, 11) is 4.20. The average Bonchev–Trinajstić information content (AvgIpc) is 2.27. The summed E-state index contributed by atoms with van der Waals surface area (Å²) in [6.07, 6.45) is 4.29. The van der Waals surface area contributed by atoms with E-state index in [4.69, 9.17) is 0 Å². The molecule has 0 amide bonds. The van der Waals surface area contributed by atoms with Gasteiger partial charge in [0.2, 0.25) is 6.71 Å². The Bertz CT molecular complexity index is 426. The summed E-state index contributed by atoms with van der Waals surface area (Å²) in [4.78, 5) is 4.37. The minimum absolute atomic E-state index is 0.448. The fraction of sp³-hybridized carbons (Fsp3) is 0.167. The highest BCUT2D eigenvalue weighted by molar-refractivity contribution is 6.85. The largest absolute Gasteiger partial charge is 0.353 e. The fourth-order valence-corrected chi connectivity index (χ4v) is 2.36. The Kier molecular flexibility index (Phi) is 1.69. The first kappa shape index (κ1) is 8.66. The second-order valence-electron chi connectivity index (χ2n) is 4.14. The summed E-state index contributed by atoms with van der Waals surface area (Å²) in [5, 5.41) is 0. The Hall–Kier alpha value is -1.64. The predicted octanol–water partition coefficient (Wildman–Crippen LogP) is 1.39. The lowest BCUT2D eigenvalue weighted by Gasteiger charge is -2.32. The van der Waals surface area contributed by atoms with E-state index in [-0.39, 0.29) is 0 Å². The van der Waals surface area contributed by atoms with Gasteiger partial charge in [-0.05, 0) is 30.0 Å². The monoisotopic (exact) mass is 196 g/mol. The van der Waals surface area contributed by atoms with E-state index in [1.54, 1.807) is 0 Å². The molecule has 0 unspecified atom stereocenters. The second-order valence-corrected chi connectivity index (χ2v) is 4.14. The molecule has 2 aliphatic heterocycles. The zero-order chi connectivity index (χ0) is 10.4. The van der Waals surface area contributed by atoms with Gasteiger partial charge in [-0.1, -0.05) is 18.0 Å². The molecule has 3 rings (SSSR count). The van der Waals surface area contributed by atoms with Crippen LogP contribution in [0.3, 0.4) is 0 Å². The molecule has 74 valence electrons. The first-order valence-corrected chi connectivity index (χ1v) is 5.22. The van der Waals surface area contributed by atoms with Crippen molar-refractivity contribution < 1.29 is 0 Å². The lowest BCUT2D eigenvalue weighted by molar-refractivity contribution is 1.17. The number of rotatable bonds is 0. The topological polar surface area (TPSA) is 6.48 Å². The standard InChI is InChI=1S/C12H13BN2/c1-14-8-6-13-7-9-15(2)11-5-3-4-10(14)12(11)13/h3-9H,1-2H3. The van der Waals surface area contributed by atoms with Crippen LogP contribution < -0.4 is 15.3 Å². The Balaban J connectivity index is 2.28. The van der Waals surface area contributed by atoms with Crippen molar-refractivity contribution in [3.63, 3.8) is 0 Å². The van der Waals surface area contributed by atoms with E-state index < -0.39 is 0 Å². The van der Waals surface area contributed by atoms with E-state index in [1.807, 2.05) is 0 Å². The molecule has 1 aromatic carbocycles. The Labute approximate surface area is 90.6 Å². The van der Waals surface area contributed by atoms with Gasteiger partial charge in [0, 0.05) is 25.5 Å². The van der Waals surface area contributed by atoms with Crippen LogP contribution in [0.25, 0.3) is 0 Å². The molecule has 0 fully saturated rings. The molecule has 0 N–H and O–H groups in total. The molecule has 0 aliphatic carbocycles. The van der Waals surface area contributed by atoms with E-state index >= 15 is 0 Å². The van der Waals surface area contributed by atoms with Gasteiger partial charge in [-0.15, -0.1) is 0 Å². The molecule has 0 saturated carbocycles. The van der Waals surface area contributed by atoms with Crippen molar-refractivity contribution in [3.8, 4) is 0 Å². The predicted molar refractivity (Wildman–Crippen MR) is 66.9 cm³/mol. The molecule has 2 nitrogen and oxygen atoms in total. The van der Waals surface area contributed by atoms with Crippen LogP contribution in [0.1, 0.15) is 0 Å². The molecule has 0 spiro atoms. The van der Waals surface area contributed by atoms with E-state index in [1.165, 1.54) is 16.8 Å². The third-order valence-electron chi connectivity index (χ3n) is 3.19. The number of hydrogen-bond acceptors (Lipinski definition) is 2. The summed E-state index contributed by atoms with van der Waals surface area (Å²) in [5.41, 5.74) is 4.06. The van der Waals surface area contributed by atoms with Crippen LogP contribution in [0, 0.1) is 0 Å². The highest BCUT2D eigenvalue weighted by Gasteiger charge is 2.26. The first-order chi connectivity index (χ1) is 7.27. The van der Waals surface area contributed by atoms with Crippen molar-refractivity contribution in [1.29, 1.82) is 0 Å². The van der Waals surface area contributed by atoms with Gasteiger partial charge in [-0.3, -0.25) is 0 Å². The van der Waals surface area contributed by atoms with Crippen molar-refractivity contribution in [2.75, 3.05) is 23.9 Å². The Morgan fingerprint density at radius 3 is 2.00 bits per heavy atom. The molecule has 0 aromatic heterocycles. The van der Waals surface area contributed by atoms with Crippen LogP contribution in [-0.2, 0) is 0 Å². The van der Waals surface area contributed by atoms with Gasteiger partial charge in [0.1, 0.15) is 0 Å². The quantitative estimate of drug-likeness (QED) is 0.578. The molecule has 15 heavy (non-hydrogen) atoms. The van der Waals surface area contributed by atoms with Gasteiger partial charge in [0.05, 0.1) is 0 Å². The first-order valence-electron chi connectivity index (χ1n) is 5.22. The number of benzene rings is 1. The van der Waals surface area contributed by atoms with E-state index in [9.17, 15) is 0 Å². The maximum Gasteiger partial charge on any atom is 0.234 e. The van der Waals surface area contributed by atoms with Crippen LogP contribution in [0.5, 0.6) is 0 Å². The Morgan fingerprint density at radius 2 is 1.47 bits per heavy atom. The smallest absolute Gasteiger partial charge is 0.234 e. The normalized spacial score (nSPS) is 17.1. The summed E-state index contributed by atoms with van der Waals surface area (Å²) in [6, 6.07) is 6.49. The van der Waals surface area contributed by atoms with Gasteiger partial charge in [0.25, 0.3) is 0 Å². The van der Waals surface area contributed by atoms with Crippen molar-refractivity contribution in [2.24, 2.45) is 0 Å². The molecular weight excluding hydrogens is 183 g/mol. The van der Waals surface area contributed by atoms with E-state index in [0.29, 0.717) is 6.71 Å². The number of anilines is 2. The molecule has 0 atom stereocenters.